The van der Waals surface area contributed by atoms with Gasteiger partial charge in [-0.25, -0.2) is 0 Å². The van der Waals surface area contributed by atoms with E-state index < -0.39 is 0 Å². The van der Waals surface area contributed by atoms with Gasteiger partial charge in [0.2, 0.25) is 17.8 Å². The van der Waals surface area contributed by atoms with Gasteiger partial charge in [-0.1, -0.05) is 0 Å². The van der Waals surface area contributed by atoms with Crippen LogP contribution in [0.5, 0.6) is 0 Å². The fourth-order valence-electron chi connectivity index (χ4n) is 2.68. The van der Waals surface area contributed by atoms with Crippen molar-refractivity contribution in [3.05, 3.63) is 0 Å². The topological polar surface area (TPSA) is 80.0 Å². The smallest absolute Gasteiger partial charge is 0.231 e. The first-order valence-electron chi connectivity index (χ1n) is 7.39. The lowest BCUT2D eigenvalue weighted by molar-refractivity contribution is 0.567. The van der Waals surface area contributed by atoms with Crippen molar-refractivity contribution >= 4 is 29.6 Å². The first kappa shape index (κ1) is 13.7. The summed E-state index contributed by atoms with van der Waals surface area (Å²) in [6.07, 6.45) is 4.97. The summed E-state index contributed by atoms with van der Waals surface area (Å²) < 4.78 is 0. The predicted molar refractivity (Wildman–Crippen MR) is 84.2 cm³/mol. The average molecular weight is 294 g/mol. The summed E-state index contributed by atoms with van der Waals surface area (Å²) in [5, 5.41) is 3.32. The quantitative estimate of drug-likeness (QED) is 0.873. The Morgan fingerprint density at radius 2 is 2.05 bits per heavy atom. The molecule has 2 aliphatic rings. The minimum atomic E-state index is 0.309. The first-order chi connectivity index (χ1) is 9.81. The second-order valence-corrected chi connectivity index (χ2v) is 6.63. The highest BCUT2D eigenvalue weighted by Gasteiger charge is 2.18. The Balaban J connectivity index is 1.65. The molecule has 6 nitrogen and oxygen atoms in total. The van der Waals surface area contributed by atoms with Crippen molar-refractivity contribution in [3.8, 4) is 0 Å². The zero-order chi connectivity index (χ0) is 13.8. The molecule has 0 aliphatic carbocycles. The van der Waals surface area contributed by atoms with Gasteiger partial charge in [0.1, 0.15) is 0 Å². The number of nitrogens with one attached hydrogen (secondary N) is 1. The van der Waals surface area contributed by atoms with Gasteiger partial charge in [0.25, 0.3) is 0 Å². The zero-order valence-electron chi connectivity index (χ0n) is 11.7. The number of nitrogens with zero attached hydrogens (tertiary/aromatic N) is 4. The monoisotopic (exact) mass is 294 g/mol. The molecule has 0 aromatic carbocycles. The molecule has 1 unspecified atom stereocenters. The van der Waals surface area contributed by atoms with Crippen LogP contribution in [0, 0.1) is 5.92 Å². The van der Waals surface area contributed by atoms with Gasteiger partial charge in [0.15, 0.2) is 0 Å². The van der Waals surface area contributed by atoms with Crippen LogP contribution in [0.4, 0.5) is 17.8 Å². The summed E-state index contributed by atoms with van der Waals surface area (Å²) in [5.74, 6) is 4.87. The van der Waals surface area contributed by atoms with Crippen LogP contribution in [0.25, 0.3) is 0 Å². The van der Waals surface area contributed by atoms with E-state index in [-0.39, 0.29) is 0 Å². The molecule has 2 fully saturated rings. The molecular weight excluding hydrogens is 272 g/mol. The minimum absolute atomic E-state index is 0.309. The second kappa shape index (κ2) is 6.47. The maximum atomic E-state index is 5.82. The van der Waals surface area contributed by atoms with Crippen molar-refractivity contribution in [1.29, 1.82) is 0 Å². The summed E-state index contributed by atoms with van der Waals surface area (Å²) in [7, 11) is 0. The molecule has 7 heteroatoms. The lowest BCUT2D eigenvalue weighted by atomic mass is 10.1. The molecule has 0 amide bonds. The van der Waals surface area contributed by atoms with Crippen LogP contribution in [0.3, 0.4) is 0 Å². The molecule has 20 heavy (non-hydrogen) atoms. The fraction of sp³-hybridized carbons (Fsp3) is 0.769. The normalized spacial score (nSPS) is 23.0. The van der Waals surface area contributed by atoms with E-state index in [2.05, 4.69) is 25.2 Å². The largest absolute Gasteiger partial charge is 0.368 e. The van der Waals surface area contributed by atoms with Crippen molar-refractivity contribution in [3.63, 3.8) is 0 Å². The van der Waals surface area contributed by atoms with Gasteiger partial charge in [-0.05, 0) is 43.1 Å². The summed E-state index contributed by atoms with van der Waals surface area (Å²) >= 11 is 2.02. The van der Waals surface area contributed by atoms with Crippen LogP contribution in [-0.4, -0.2) is 46.1 Å². The molecule has 3 N–H and O–H groups in total. The highest BCUT2D eigenvalue weighted by Crippen LogP contribution is 2.23. The number of piperidine rings is 1. The molecule has 3 rings (SSSR count). The van der Waals surface area contributed by atoms with E-state index in [1.165, 1.54) is 37.2 Å². The second-order valence-electron chi connectivity index (χ2n) is 5.48. The van der Waals surface area contributed by atoms with Crippen LogP contribution >= 0.6 is 11.8 Å². The van der Waals surface area contributed by atoms with E-state index in [0.717, 1.165) is 31.5 Å². The number of nitrogens with two attached hydrogens (primary N) is 1. The van der Waals surface area contributed by atoms with E-state index in [1.807, 2.05) is 11.8 Å². The predicted octanol–water partition coefficient (Wildman–Crippen LogP) is 1.61. The molecule has 2 saturated heterocycles. The van der Waals surface area contributed by atoms with Crippen molar-refractivity contribution < 1.29 is 0 Å². The molecule has 110 valence electrons. The number of hydrogen-bond donors (Lipinski definition) is 2. The van der Waals surface area contributed by atoms with Crippen LogP contribution in [-0.2, 0) is 0 Å². The molecular formula is C13H22N6S. The van der Waals surface area contributed by atoms with E-state index in [1.54, 1.807) is 0 Å². The van der Waals surface area contributed by atoms with E-state index in [4.69, 9.17) is 5.73 Å². The maximum Gasteiger partial charge on any atom is 0.231 e. The Morgan fingerprint density at radius 3 is 2.80 bits per heavy atom. The van der Waals surface area contributed by atoms with Crippen molar-refractivity contribution in [2.45, 2.75) is 25.7 Å². The molecule has 0 spiro atoms. The van der Waals surface area contributed by atoms with Gasteiger partial charge in [-0.15, -0.1) is 0 Å². The Labute approximate surface area is 124 Å². The highest BCUT2D eigenvalue weighted by molar-refractivity contribution is 7.99. The van der Waals surface area contributed by atoms with Gasteiger partial charge in [0, 0.05) is 19.6 Å². The average Bonchev–Trinajstić information content (AvgIpc) is 2.99. The SMILES string of the molecule is Nc1nc(NCC2CCSC2)nc(N2CCCCC2)n1. The van der Waals surface area contributed by atoms with E-state index >= 15 is 0 Å². The Kier molecular flexibility index (Phi) is 4.44. The van der Waals surface area contributed by atoms with Crippen molar-refractivity contribution in [2.75, 3.05) is 47.1 Å². The van der Waals surface area contributed by atoms with Gasteiger partial charge >= 0.3 is 0 Å². The first-order valence-corrected chi connectivity index (χ1v) is 8.55. The third-order valence-corrected chi connectivity index (χ3v) is 5.08. The van der Waals surface area contributed by atoms with Crippen LogP contribution in [0.2, 0.25) is 0 Å². The Hall–Kier alpha value is -1.24. The summed E-state index contributed by atoms with van der Waals surface area (Å²) in [6, 6.07) is 0. The summed E-state index contributed by atoms with van der Waals surface area (Å²) in [5.41, 5.74) is 5.82. The van der Waals surface area contributed by atoms with Crippen LogP contribution in [0.15, 0.2) is 0 Å². The Morgan fingerprint density at radius 1 is 1.20 bits per heavy atom. The number of nitrogen functional groups attached to an aromatic ring is 1. The molecule has 0 saturated carbocycles. The standard InChI is InChI=1S/C13H22N6S/c14-11-16-12(15-8-10-4-7-20-9-10)18-13(17-11)19-5-2-1-3-6-19/h10H,1-9H2,(H3,14,15,16,17,18). The van der Waals surface area contributed by atoms with Gasteiger partial charge < -0.3 is 16.0 Å². The molecule has 1 aromatic heterocycles. The fourth-order valence-corrected chi connectivity index (χ4v) is 3.96. The summed E-state index contributed by atoms with van der Waals surface area (Å²) in [6.45, 7) is 2.96. The van der Waals surface area contributed by atoms with Gasteiger partial charge in [-0.2, -0.15) is 26.7 Å². The number of rotatable bonds is 4. The van der Waals surface area contributed by atoms with Gasteiger partial charge in [0.05, 0.1) is 0 Å². The number of anilines is 3. The number of aromatic nitrogens is 3. The molecule has 1 aromatic rings. The van der Waals surface area contributed by atoms with Crippen LogP contribution < -0.4 is 16.0 Å². The lowest BCUT2D eigenvalue weighted by Crippen LogP contribution is -2.31. The highest BCUT2D eigenvalue weighted by atomic mass is 32.2. The number of thioether (sulfide) groups is 1. The van der Waals surface area contributed by atoms with E-state index in [9.17, 15) is 0 Å². The Bertz CT molecular complexity index is 442. The zero-order valence-corrected chi connectivity index (χ0v) is 12.5. The molecule has 2 aliphatic heterocycles. The van der Waals surface area contributed by atoms with Crippen molar-refractivity contribution in [2.24, 2.45) is 5.92 Å². The van der Waals surface area contributed by atoms with E-state index in [0.29, 0.717) is 11.9 Å². The third kappa shape index (κ3) is 3.45. The lowest BCUT2D eigenvalue weighted by Gasteiger charge is -2.26. The molecule has 1 atom stereocenters. The van der Waals surface area contributed by atoms with Crippen LogP contribution in [0.1, 0.15) is 25.7 Å². The molecule has 0 bridgehead atoms. The summed E-state index contributed by atoms with van der Waals surface area (Å²) in [4.78, 5) is 15.2. The number of hydrogen-bond acceptors (Lipinski definition) is 7. The maximum absolute atomic E-state index is 5.82. The molecule has 0 radical (unpaired) electrons. The molecule has 3 heterocycles. The minimum Gasteiger partial charge on any atom is -0.368 e. The third-order valence-electron chi connectivity index (χ3n) is 3.85. The van der Waals surface area contributed by atoms with Gasteiger partial charge in [-0.3, -0.25) is 0 Å². The van der Waals surface area contributed by atoms with Crippen molar-refractivity contribution in [1.82, 2.24) is 15.0 Å².